The average molecular weight is 432 g/mol. The van der Waals surface area contributed by atoms with Gasteiger partial charge in [-0.1, -0.05) is 0 Å². The third kappa shape index (κ3) is 8.28. The van der Waals surface area contributed by atoms with Crippen LogP contribution < -0.4 is 15.4 Å². The van der Waals surface area contributed by atoms with Crippen LogP contribution >= 0.6 is 11.8 Å². The summed E-state index contributed by atoms with van der Waals surface area (Å²) in [5.41, 5.74) is 0.415. The molecule has 0 aliphatic heterocycles. The van der Waals surface area contributed by atoms with Crippen LogP contribution in [0.1, 0.15) is 19.8 Å². The Morgan fingerprint density at radius 1 is 1.18 bits per heavy atom. The van der Waals surface area contributed by atoms with Crippen molar-refractivity contribution in [3.63, 3.8) is 0 Å². The number of methoxy groups -OCH3 is 1. The number of esters is 1. The summed E-state index contributed by atoms with van der Waals surface area (Å²) >= 11 is 1.49. The van der Waals surface area contributed by atoms with Gasteiger partial charge in [-0.2, -0.15) is 16.5 Å². The normalized spacial score (nSPS) is 12.1. The predicted molar refractivity (Wildman–Crippen MR) is 107 cm³/mol. The predicted octanol–water partition coefficient (Wildman–Crippen LogP) is 0.724. The fraction of sp³-hybridized carbons (Fsp3) is 0.471. The second-order valence-corrected chi connectivity index (χ2v) is 8.48. The van der Waals surface area contributed by atoms with Gasteiger partial charge in [-0.25, -0.2) is 8.42 Å². The fourth-order valence-corrected chi connectivity index (χ4v) is 3.84. The number of thioether (sulfide) groups is 1. The molecule has 0 aromatic heterocycles. The minimum absolute atomic E-state index is 0.0400. The van der Waals surface area contributed by atoms with E-state index in [1.807, 2.05) is 6.26 Å². The van der Waals surface area contributed by atoms with Gasteiger partial charge in [-0.3, -0.25) is 14.4 Å². The molecule has 0 fully saturated rings. The van der Waals surface area contributed by atoms with Crippen LogP contribution in [0.2, 0.25) is 0 Å². The van der Waals surface area contributed by atoms with Crippen LogP contribution in [0.5, 0.6) is 0 Å². The molecule has 9 nitrogen and oxygen atoms in total. The van der Waals surface area contributed by atoms with Crippen molar-refractivity contribution < 1.29 is 27.5 Å². The van der Waals surface area contributed by atoms with E-state index >= 15 is 0 Å². The molecule has 0 aliphatic carbocycles. The van der Waals surface area contributed by atoms with Gasteiger partial charge in [0.05, 0.1) is 12.0 Å². The van der Waals surface area contributed by atoms with Crippen molar-refractivity contribution in [1.82, 2.24) is 10.0 Å². The summed E-state index contributed by atoms with van der Waals surface area (Å²) in [6, 6.07) is 4.57. The van der Waals surface area contributed by atoms with Crippen LogP contribution in [0.4, 0.5) is 5.69 Å². The van der Waals surface area contributed by atoms with Gasteiger partial charge in [0.15, 0.2) is 0 Å². The molecule has 1 aromatic rings. The van der Waals surface area contributed by atoms with Gasteiger partial charge < -0.3 is 15.4 Å². The molecular formula is C17H25N3O6S2. The smallest absolute Gasteiger partial charge is 0.323 e. The lowest BCUT2D eigenvalue weighted by Crippen LogP contribution is -2.41. The molecule has 0 aliphatic rings. The van der Waals surface area contributed by atoms with Gasteiger partial charge in [0.25, 0.3) is 0 Å². The number of hydrogen-bond donors (Lipinski definition) is 3. The number of amides is 2. The summed E-state index contributed by atoms with van der Waals surface area (Å²) in [6.07, 6.45) is 2.25. The van der Waals surface area contributed by atoms with Gasteiger partial charge in [-0.05, 0) is 42.7 Å². The highest BCUT2D eigenvalue weighted by atomic mass is 32.2. The molecule has 11 heteroatoms. The van der Waals surface area contributed by atoms with E-state index in [-0.39, 0.29) is 29.7 Å². The van der Waals surface area contributed by atoms with E-state index in [2.05, 4.69) is 20.1 Å². The Bertz CT molecular complexity index is 781. The Labute approximate surface area is 169 Å². The molecule has 3 N–H and O–H groups in total. The van der Waals surface area contributed by atoms with Gasteiger partial charge >= 0.3 is 5.97 Å². The van der Waals surface area contributed by atoms with Crippen LogP contribution in [-0.2, 0) is 29.1 Å². The summed E-state index contributed by atoms with van der Waals surface area (Å²) in [4.78, 5) is 34.3. The van der Waals surface area contributed by atoms with E-state index in [1.165, 1.54) is 50.1 Å². The van der Waals surface area contributed by atoms with E-state index in [4.69, 9.17) is 0 Å². The lowest BCUT2D eigenvalue weighted by Gasteiger charge is -2.16. The molecule has 1 aromatic carbocycles. The SMILES string of the molecule is COC(=O)[C@@H](CCSC)NS(=O)(=O)c1ccc(NC(=O)CCNC(C)=O)cc1. The number of nitrogens with one attached hydrogen (secondary N) is 3. The molecule has 0 heterocycles. The first-order valence-electron chi connectivity index (χ1n) is 8.43. The molecule has 2 amide bonds. The second kappa shape index (κ2) is 11.7. The quantitative estimate of drug-likeness (QED) is 0.440. The average Bonchev–Trinajstić information content (AvgIpc) is 2.64. The number of carbonyl (C=O) groups excluding carboxylic acids is 3. The van der Waals surface area contributed by atoms with Crippen LogP contribution in [0.15, 0.2) is 29.2 Å². The minimum atomic E-state index is -3.93. The van der Waals surface area contributed by atoms with Crippen LogP contribution in [0, 0.1) is 0 Å². The number of sulfonamides is 1. The largest absolute Gasteiger partial charge is 0.468 e. The lowest BCUT2D eigenvalue weighted by atomic mass is 10.2. The van der Waals surface area contributed by atoms with E-state index in [9.17, 15) is 22.8 Å². The zero-order valence-corrected chi connectivity index (χ0v) is 17.6. The first kappa shape index (κ1) is 23.9. The molecule has 0 spiro atoms. The summed E-state index contributed by atoms with van der Waals surface area (Å²) in [7, 11) is -2.73. The summed E-state index contributed by atoms with van der Waals surface area (Å²) in [6.45, 7) is 1.57. The van der Waals surface area contributed by atoms with E-state index in [1.54, 1.807) is 0 Å². The first-order valence-corrected chi connectivity index (χ1v) is 11.3. The van der Waals surface area contributed by atoms with Crippen molar-refractivity contribution in [2.75, 3.05) is 31.0 Å². The number of benzene rings is 1. The molecule has 0 radical (unpaired) electrons. The van der Waals surface area contributed by atoms with Crippen molar-refractivity contribution in [2.45, 2.75) is 30.7 Å². The van der Waals surface area contributed by atoms with Crippen LogP contribution in [0.25, 0.3) is 0 Å². The summed E-state index contributed by atoms with van der Waals surface area (Å²) in [5, 5.41) is 5.12. The zero-order valence-electron chi connectivity index (χ0n) is 16.0. The van der Waals surface area contributed by atoms with E-state index in [0.29, 0.717) is 17.9 Å². The van der Waals surface area contributed by atoms with Crippen molar-refractivity contribution in [1.29, 1.82) is 0 Å². The molecule has 0 saturated heterocycles. The van der Waals surface area contributed by atoms with Crippen molar-refractivity contribution in [2.24, 2.45) is 0 Å². The van der Waals surface area contributed by atoms with Gasteiger partial charge in [0.2, 0.25) is 21.8 Å². The maximum Gasteiger partial charge on any atom is 0.323 e. The molecule has 1 atom stereocenters. The van der Waals surface area contributed by atoms with Gasteiger partial charge in [0.1, 0.15) is 6.04 Å². The standard InChI is InChI=1S/C17H25N3O6S2/c1-12(21)18-10-8-16(22)19-13-4-6-14(7-5-13)28(24,25)20-15(9-11-27-3)17(23)26-2/h4-7,15,20H,8-11H2,1-3H3,(H,18,21)(H,19,22)/t15-/m1/s1. The Morgan fingerprint density at radius 2 is 1.82 bits per heavy atom. The minimum Gasteiger partial charge on any atom is -0.468 e. The Kier molecular flexibility index (Phi) is 9.97. The van der Waals surface area contributed by atoms with Gasteiger partial charge in [0, 0.05) is 25.6 Å². The molecule has 1 rings (SSSR count). The van der Waals surface area contributed by atoms with Crippen LogP contribution in [-0.4, -0.2) is 57.9 Å². The fourth-order valence-electron chi connectivity index (χ4n) is 2.15. The molecular weight excluding hydrogens is 406 g/mol. The number of carbonyl (C=O) groups is 3. The highest BCUT2D eigenvalue weighted by Gasteiger charge is 2.26. The van der Waals surface area contributed by atoms with Crippen molar-refractivity contribution >= 4 is 45.3 Å². The Hall–Kier alpha value is -2.11. The summed E-state index contributed by atoms with van der Waals surface area (Å²) in [5.74, 6) is -0.602. The van der Waals surface area contributed by atoms with E-state index in [0.717, 1.165) is 0 Å². The lowest BCUT2D eigenvalue weighted by molar-refractivity contribution is -0.142. The third-order valence-corrected chi connectivity index (χ3v) is 5.70. The molecule has 28 heavy (non-hydrogen) atoms. The number of anilines is 1. The van der Waals surface area contributed by atoms with Gasteiger partial charge in [-0.15, -0.1) is 0 Å². The van der Waals surface area contributed by atoms with E-state index < -0.39 is 22.0 Å². The molecule has 0 saturated carbocycles. The van der Waals surface area contributed by atoms with Crippen molar-refractivity contribution in [3.8, 4) is 0 Å². The maximum atomic E-state index is 12.5. The molecule has 0 bridgehead atoms. The number of hydrogen-bond acceptors (Lipinski definition) is 7. The van der Waals surface area contributed by atoms with Crippen LogP contribution in [0.3, 0.4) is 0 Å². The maximum absolute atomic E-state index is 12.5. The highest BCUT2D eigenvalue weighted by Crippen LogP contribution is 2.16. The second-order valence-electron chi connectivity index (χ2n) is 5.78. The molecule has 0 unspecified atom stereocenters. The number of rotatable bonds is 11. The topological polar surface area (TPSA) is 131 Å². The Morgan fingerprint density at radius 3 is 2.36 bits per heavy atom. The monoisotopic (exact) mass is 431 g/mol. The third-order valence-electron chi connectivity index (χ3n) is 3.57. The van der Waals surface area contributed by atoms with Crippen molar-refractivity contribution in [3.05, 3.63) is 24.3 Å². The first-order chi connectivity index (χ1) is 13.2. The Balaban J connectivity index is 2.75. The molecule has 156 valence electrons. The summed E-state index contributed by atoms with van der Waals surface area (Å²) < 4.78 is 32.0. The zero-order chi connectivity index (χ0) is 21.2. The highest BCUT2D eigenvalue weighted by molar-refractivity contribution is 7.98. The number of ether oxygens (including phenoxy) is 1.